The number of aryl methyl sites for hydroxylation is 1. The number of nitrogens with one attached hydrogen (secondary N) is 1. The van der Waals surface area contributed by atoms with E-state index in [9.17, 15) is 35.8 Å². The molecule has 14 nitrogen and oxygen atoms in total. The van der Waals surface area contributed by atoms with Crippen molar-refractivity contribution in [3.05, 3.63) is 111 Å². The monoisotopic (exact) mass is 694 g/mol. The highest BCUT2D eigenvalue weighted by atomic mass is 35.5. The lowest BCUT2D eigenvalue weighted by molar-refractivity contribution is 0.106. The van der Waals surface area contributed by atoms with Crippen LogP contribution >= 0.6 is 11.6 Å². The Kier molecular flexibility index (Phi) is 9.06. The van der Waals surface area contributed by atoms with E-state index in [1.54, 1.807) is 49.4 Å². The van der Waals surface area contributed by atoms with E-state index in [1.165, 1.54) is 24.3 Å². The molecular weight excluding hydrogens is 672 g/mol. The van der Waals surface area contributed by atoms with Crippen LogP contribution in [0.4, 0.5) is 28.4 Å². The van der Waals surface area contributed by atoms with Crippen LogP contribution in [0.25, 0.3) is 6.08 Å². The molecule has 0 saturated carbocycles. The summed E-state index contributed by atoms with van der Waals surface area (Å²) < 4.78 is 66.8. The number of carbonyl (C=O) groups excluding carboxylic acids is 1. The zero-order valence-corrected chi connectivity index (χ0v) is 26.4. The number of ketones is 1. The van der Waals surface area contributed by atoms with Crippen molar-refractivity contribution >= 4 is 83.7 Å². The molecule has 6 N–H and O–H groups in total. The summed E-state index contributed by atoms with van der Waals surface area (Å²) in [4.78, 5) is 16.0. The number of fused-ring (bicyclic) bond motifs is 1. The van der Waals surface area contributed by atoms with Crippen molar-refractivity contribution in [1.82, 2.24) is 0 Å². The number of nitrogens with two attached hydrogens (primary N) is 1. The van der Waals surface area contributed by atoms with Gasteiger partial charge in [0, 0.05) is 16.8 Å². The average Bonchev–Trinajstić information content (AvgIpc) is 3.00. The second kappa shape index (κ2) is 12.9. The molecule has 4 aromatic rings. The maximum Gasteiger partial charge on any atom is 0.296 e. The summed E-state index contributed by atoms with van der Waals surface area (Å²) in [7, 11) is -9.67. The predicted molar refractivity (Wildman–Crippen MR) is 178 cm³/mol. The molecule has 0 fully saturated rings. The van der Waals surface area contributed by atoms with Crippen LogP contribution in [-0.4, -0.2) is 48.4 Å². The van der Waals surface area contributed by atoms with Crippen LogP contribution in [0.1, 0.15) is 27.0 Å². The van der Waals surface area contributed by atoms with Crippen molar-refractivity contribution in [2.75, 3.05) is 11.2 Å². The lowest BCUT2D eigenvalue weighted by atomic mass is 9.94. The zero-order valence-electron chi connectivity index (χ0n) is 24.0. The molecule has 0 aromatic heterocycles. The van der Waals surface area contributed by atoms with E-state index >= 15 is 0 Å². The number of aliphatic hydroxyl groups excluding tert-OH is 1. The normalized spacial score (nSPS) is 14.7. The topological polar surface area (TPSA) is 234 Å². The number of carbonyl (C=O) groups is 1. The Labute approximate surface area is 273 Å². The summed E-state index contributed by atoms with van der Waals surface area (Å²) in [6.45, 7) is 1.77. The quantitative estimate of drug-likeness (QED) is 0.0339. The Hall–Kier alpha value is -5.26. The summed E-state index contributed by atoms with van der Waals surface area (Å²) in [6, 6.07) is 19.1. The van der Waals surface area contributed by atoms with Crippen LogP contribution in [0.2, 0.25) is 5.02 Å². The summed E-state index contributed by atoms with van der Waals surface area (Å²) >= 11 is 5.81. The number of allylic oxidation sites excluding steroid dienone is 1. The average molecular weight is 695 g/mol. The van der Waals surface area contributed by atoms with Crippen molar-refractivity contribution in [2.24, 2.45) is 20.3 Å². The van der Waals surface area contributed by atoms with Gasteiger partial charge in [-0.15, -0.1) is 0 Å². The van der Waals surface area contributed by atoms with Gasteiger partial charge >= 0.3 is 0 Å². The van der Waals surface area contributed by atoms with E-state index < -0.39 is 41.5 Å². The Balaban J connectivity index is 1.41. The van der Waals surface area contributed by atoms with Crippen LogP contribution in [0, 0.1) is 6.92 Å². The number of aliphatic imine (C=N–C) groups is 1. The van der Waals surface area contributed by atoms with Gasteiger partial charge in [-0.3, -0.25) is 19.3 Å². The fraction of sp³-hybridized carbons (Fsp3) is 0.0333. The molecule has 0 bridgehead atoms. The van der Waals surface area contributed by atoms with E-state index in [0.29, 0.717) is 28.2 Å². The summed E-state index contributed by atoms with van der Waals surface area (Å²) in [5, 5.41) is 22.3. The van der Waals surface area contributed by atoms with E-state index in [0.717, 1.165) is 18.2 Å². The number of hydrogen-bond donors (Lipinski definition) is 5. The minimum atomic E-state index is -4.98. The minimum Gasteiger partial charge on any atom is -0.493 e. The van der Waals surface area contributed by atoms with Gasteiger partial charge in [0.2, 0.25) is 11.7 Å². The number of halogens is 1. The van der Waals surface area contributed by atoms with Crippen LogP contribution < -0.4 is 11.2 Å². The Morgan fingerprint density at radius 2 is 1.55 bits per heavy atom. The fourth-order valence-corrected chi connectivity index (χ4v) is 5.99. The maximum atomic E-state index is 13.3. The number of nitrogens with zero attached hydrogens (tertiary/aromatic N) is 4. The molecule has 0 spiro atoms. The molecule has 1 aliphatic rings. The lowest BCUT2D eigenvalue weighted by Crippen LogP contribution is -2.27. The van der Waals surface area contributed by atoms with Gasteiger partial charge in [-0.1, -0.05) is 11.6 Å². The highest BCUT2D eigenvalue weighted by molar-refractivity contribution is 7.91. The molecule has 0 radical (unpaired) electrons. The molecule has 47 heavy (non-hydrogen) atoms. The molecule has 240 valence electrons. The summed E-state index contributed by atoms with van der Waals surface area (Å²) in [6.07, 6.45) is 1.03. The van der Waals surface area contributed by atoms with Gasteiger partial charge in [-0.2, -0.15) is 32.2 Å². The van der Waals surface area contributed by atoms with Crippen LogP contribution in [0.3, 0.4) is 0 Å². The van der Waals surface area contributed by atoms with Gasteiger partial charge in [0.05, 0.1) is 27.8 Å². The third kappa shape index (κ3) is 7.59. The van der Waals surface area contributed by atoms with Gasteiger partial charge < -0.3 is 10.8 Å². The van der Waals surface area contributed by atoms with Crippen molar-refractivity contribution in [3.8, 4) is 0 Å². The molecular formula is C30H23ClN6O8S2. The molecule has 0 heterocycles. The van der Waals surface area contributed by atoms with Gasteiger partial charge in [-0.05, 0) is 103 Å². The maximum absolute atomic E-state index is 13.3. The molecule has 5 rings (SSSR count). The number of hydrazone groups is 1. The first kappa shape index (κ1) is 33.1. The van der Waals surface area contributed by atoms with Crippen LogP contribution in [0.5, 0.6) is 0 Å². The summed E-state index contributed by atoms with van der Waals surface area (Å²) in [5.74, 6) is -1.07. The number of nitrogen functional groups attached to an aromatic ring is 1. The Morgan fingerprint density at radius 3 is 2.21 bits per heavy atom. The molecule has 0 unspecified atom stereocenters. The number of hydrogen-bond acceptors (Lipinski definition) is 11. The fourth-order valence-electron chi connectivity index (χ4n) is 4.33. The highest BCUT2D eigenvalue weighted by Crippen LogP contribution is 2.32. The van der Waals surface area contributed by atoms with Crippen molar-refractivity contribution in [2.45, 2.75) is 11.8 Å². The van der Waals surface area contributed by atoms with Crippen molar-refractivity contribution in [1.29, 1.82) is 0 Å². The SMILES string of the molecule is Cc1cc(N=C(O)c2ccc(N)cc2)ccc1N=Nc1ccc2c(c1)C=C(S(=O)(=O)O)/C(=N\Nc1ccc(Cl)c(S(=O)(=O)O)c1)C2=O. The number of Topliss-reactive ketones (excluding diaryl/α,β-unsaturated/α-hetero) is 1. The van der Waals surface area contributed by atoms with Crippen LogP contribution in [-0.2, 0) is 20.2 Å². The standard InChI is InChI=1S/C30H23ClN6O8S2/c1-16-12-20(33-30(39)17-2-4-19(32)5-3-17)8-11-25(16)36-34-21-6-9-23-18(13-21)14-27(47(43,44)45)28(29(23)38)37-35-22-7-10-24(31)26(15-22)46(40,41)42/h2-15,35H,32H2,1H3,(H,33,39)(H,40,41,42)(H,43,44,45)/b36-34?,37-28+. The molecule has 0 amide bonds. The van der Waals surface area contributed by atoms with Crippen molar-refractivity contribution in [3.63, 3.8) is 0 Å². The Morgan fingerprint density at radius 1 is 0.851 bits per heavy atom. The molecule has 0 atom stereocenters. The number of azo groups is 1. The molecule has 17 heteroatoms. The first-order valence-corrected chi connectivity index (χ1v) is 16.5. The second-order valence-electron chi connectivity index (χ2n) is 10.0. The first-order valence-electron chi connectivity index (χ1n) is 13.2. The lowest BCUT2D eigenvalue weighted by Gasteiger charge is -2.16. The van der Waals surface area contributed by atoms with Crippen LogP contribution in [0.15, 0.2) is 109 Å². The van der Waals surface area contributed by atoms with E-state index in [2.05, 4.69) is 25.7 Å². The number of anilines is 2. The highest BCUT2D eigenvalue weighted by Gasteiger charge is 2.33. The van der Waals surface area contributed by atoms with Crippen molar-refractivity contribution < 1.29 is 35.8 Å². The molecule has 0 saturated heterocycles. The largest absolute Gasteiger partial charge is 0.493 e. The molecule has 1 aliphatic carbocycles. The summed E-state index contributed by atoms with van der Waals surface area (Å²) in [5.41, 5.74) is 10.3. The molecule has 4 aromatic carbocycles. The number of benzene rings is 4. The smallest absolute Gasteiger partial charge is 0.296 e. The van der Waals surface area contributed by atoms with E-state index in [4.69, 9.17) is 17.3 Å². The third-order valence-corrected chi connectivity index (χ3v) is 8.86. The van der Waals surface area contributed by atoms with Gasteiger partial charge in [0.1, 0.15) is 9.80 Å². The predicted octanol–water partition coefficient (Wildman–Crippen LogP) is 6.42. The van der Waals surface area contributed by atoms with E-state index in [-0.39, 0.29) is 33.4 Å². The minimum absolute atomic E-state index is 0.0333. The molecule has 0 aliphatic heterocycles. The second-order valence-corrected chi connectivity index (χ2v) is 13.2. The Bertz CT molecular complexity index is 2290. The first-order chi connectivity index (χ1) is 22.1. The van der Waals surface area contributed by atoms with E-state index in [1.807, 2.05) is 0 Å². The zero-order chi connectivity index (χ0) is 34.1. The van der Waals surface area contributed by atoms with Gasteiger partial charge in [0.25, 0.3) is 20.2 Å². The van der Waals surface area contributed by atoms with Gasteiger partial charge in [0.15, 0.2) is 5.71 Å². The van der Waals surface area contributed by atoms with Gasteiger partial charge in [-0.25, -0.2) is 4.99 Å². The number of aliphatic hydroxyl groups is 1. The number of rotatable bonds is 8. The third-order valence-electron chi connectivity index (χ3n) is 6.66.